The normalized spacial score (nSPS) is 22.8. The van der Waals surface area contributed by atoms with E-state index in [0.717, 1.165) is 24.1 Å². The van der Waals surface area contributed by atoms with Gasteiger partial charge in [0.15, 0.2) is 0 Å². The number of aromatic nitrogens is 3. The van der Waals surface area contributed by atoms with Gasteiger partial charge in [0.05, 0.1) is 0 Å². The molecule has 0 saturated heterocycles. The van der Waals surface area contributed by atoms with Crippen molar-refractivity contribution in [1.82, 2.24) is 15.1 Å². The Morgan fingerprint density at radius 1 is 1.42 bits per heavy atom. The van der Waals surface area contributed by atoms with Crippen LogP contribution in [0.15, 0.2) is 22.9 Å². The van der Waals surface area contributed by atoms with Gasteiger partial charge in [-0.2, -0.15) is 4.98 Å². The molecule has 1 aliphatic rings. The van der Waals surface area contributed by atoms with Crippen LogP contribution in [0.3, 0.4) is 0 Å². The fourth-order valence-electron chi connectivity index (χ4n) is 2.79. The van der Waals surface area contributed by atoms with Gasteiger partial charge in [-0.05, 0) is 49.9 Å². The first kappa shape index (κ1) is 12.3. The van der Waals surface area contributed by atoms with E-state index >= 15 is 0 Å². The number of pyridine rings is 1. The highest BCUT2D eigenvalue weighted by Crippen LogP contribution is 2.38. The van der Waals surface area contributed by atoms with Crippen LogP contribution in [0.4, 0.5) is 0 Å². The van der Waals surface area contributed by atoms with E-state index in [1.165, 1.54) is 6.42 Å². The van der Waals surface area contributed by atoms with E-state index in [4.69, 9.17) is 10.3 Å². The van der Waals surface area contributed by atoms with Gasteiger partial charge in [0.25, 0.3) is 0 Å². The Balaban J connectivity index is 1.87. The molecule has 1 saturated carbocycles. The fraction of sp³-hybridized carbons (Fsp3) is 0.500. The van der Waals surface area contributed by atoms with E-state index in [1.807, 2.05) is 19.1 Å². The summed E-state index contributed by atoms with van der Waals surface area (Å²) < 4.78 is 5.42. The van der Waals surface area contributed by atoms with Gasteiger partial charge in [-0.3, -0.25) is 4.98 Å². The van der Waals surface area contributed by atoms with Crippen LogP contribution in [-0.4, -0.2) is 21.7 Å². The van der Waals surface area contributed by atoms with Crippen LogP contribution in [0, 0.1) is 12.8 Å². The number of hydrogen-bond acceptors (Lipinski definition) is 5. The van der Waals surface area contributed by atoms with Crippen LogP contribution >= 0.6 is 0 Å². The molecule has 2 N–H and O–H groups in total. The van der Waals surface area contributed by atoms with Gasteiger partial charge >= 0.3 is 0 Å². The van der Waals surface area contributed by atoms with Gasteiger partial charge in [-0.1, -0.05) is 11.6 Å². The highest BCUT2D eigenvalue weighted by molar-refractivity contribution is 5.49. The average molecular weight is 258 g/mol. The van der Waals surface area contributed by atoms with Gasteiger partial charge in [0, 0.05) is 12.1 Å². The van der Waals surface area contributed by atoms with Crippen LogP contribution in [0.5, 0.6) is 0 Å². The van der Waals surface area contributed by atoms with E-state index in [2.05, 4.69) is 15.1 Å². The lowest BCUT2D eigenvalue weighted by Crippen LogP contribution is -2.17. The Morgan fingerprint density at radius 3 is 3.11 bits per heavy atom. The minimum Gasteiger partial charge on any atom is -0.339 e. The van der Waals surface area contributed by atoms with Crippen LogP contribution in [-0.2, 0) is 0 Å². The van der Waals surface area contributed by atoms with Gasteiger partial charge in [-0.25, -0.2) is 0 Å². The highest BCUT2D eigenvalue weighted by atomic mass is 16.5. The summed E-state index contributed by atoms with van der Waals surface area (Å²) in [4.78, 5) is 8.79. The van der Waals surface area contributed by atoms with Crippen molar-refractivity contribution >= 4 is 0 Å². The summed E-state index contributed by atoms with van der Waals surface area (Å²) in [6, 6.07) is 3.91. The summed E-state index contributed by atoms with van der Waals surface area (Å²) in [6.45, 7) is 2.71. The minimum atomic E-state index is 0.316. The van der Waals surface area contributed by atoms with Crippen LogP contribution in [0.1, 0.15) is 36.6 Å². The zero-order valence-corrected chi connectivity index (χ0v) is 11.0. The molecule has 5 heteroatoms. The number of rotatable bonds is 3. The van der Waals surface area contributed by atoms with Crippen LogP contribution in [0.2, 0.25) is 0 Å². The first-order valence-electron chi connectivity index (χ1n) is 6.74. The summed E-state index contributed by atoms with van der Waals surface area (Å²) in [5, 5.41) is 4.05. The van der Waals surface area contributed by atoms with Crippen LogP contribution < -0.4 is 5.73 Å². The molecular formula is C14H18N4O. The van der Waals surface area contributed by atoms with E-state index in [0.29, 0.717) is 30.1 Å². The summed E-state index contributed by atoms with van der Waals surface area (Å²) in [6.07, 6.45) is 5.19. The first-order valence-corrected chi connectivity index (χ1v) is 6.74. The van der Waals surface area contributed by atoms with E-state index in [9.17, 15) is 0 Å². The molecule has 0 bridgehead atoms. The van der Waals surface area contributed by atoms with E-state index < -0.39 is 0 Å². The second-order valence-corrected chi connectivity index (χ2v) is 5.21. The Hall–Kier alpha value is -1.75. The Kier molecular flexibility index (Phi) is 3.29. The largest absolute Gasteiger partial charge is 0.339 e. The van der Waals surface area contributed by atoms with Crippen molar-refractivity contribution in [2.75, 3.05) is 6.54 Å². The zero-order chi connectivity index (χ0) is 13.2. The Morgan fingerprint density at radius 2 is 2.32 bits per heavy atom. The maximum atomic E-state index is 5.80. The summed E-state index contributed by atoms with van der Waals surface area (Å²) in [5.41, 5.74) is 7.69. The SMILES string of the molecule is Cc1ccnc(-c2noc(C3CCCC3CN)n2)c1. The van der Waals surface area contributed by atoms with Gasteiger partial charge in [0.1, 0.15) is 5.69 Å². The van der Waals surface area contributed by atoms with Crippen LogP contribution in [0.25, 0.3) is 11.5 Å². The number of nitrogens with two attached hydrogens (primary N) is 1. The monoisotopic (exact) mass is 258 g/mol. The summed E-state index contributed by atoms with van der Waals surface area (Å²) in [5.74, 6) is 2.07. The van der Waals surface area contributed by atoms with E-state index in [-0.39, 0.29) is 0 Å². The molecular weight excluding hydrogens is 240 g/mol. The number of nitrogens with zero attached hydrogens (tertiary/aromatic N) is 3. The molecule has 0 radical (unpaired) electrons. The molecule has 100 valence electrons. The molecule has 2 aromatic rings. The molecule has 0 aromatic carbocycles. The lowest BCUT2D eigenvalue weighted by Gasteiger charge is -2.12. The third-order valence-corrected chi connectivity index (χ3v) is 3.87. The molecule has 2 unspecified atom stereocenters. The van der Waals surface area contributed by atoms with Crippen molar-refractivity contribution in [1.29, 1.82) is 0 Å². The highest BCUT2D eigenvalue weighted by Gasteiger charge is 2.32. The topological polar surface area (TPSA) is 77.8 Å². The second kappa shape index (κ2) is 5.09. The quantitative estimate of drug-likeness (QED) is 0.913. The molecule has 2 aromatic heterocycles. The van der Waals surface area contributed by atoms with Crippen molar-refractivity contribution in [2.45, 2.75) is 32.1 Å². The standard InChI is InChI=1S/C14H18N4O/c1-9-5-6-16-12(7-9)13-17-14(19-18-13)11-4-2-3-10(11)8-15/h5-7,10-11H,2-4,8,15H2,1H3. The van der Waals surface area contributed by atoms with Crippen molar-refractivity contribution in [3.63, 3.8) is 0 Å². The zero-order valence-electron chi connectivity index (χ0n) is 11.0. The predicted octanol–water partition coefficient (Wildman–Crippen LogP) is 2.28. The Bertz CT molecular complexity index is 566. The van der Waals surface area contributed by atoms with E-state index in [1.54, 1.807) is 6.20 Å². The minimum absolute atomic E-state index is 0.316. The molecule has 0 aliphatic heterocycles. The van der Waals surface area contributed by atoms with Crippen molar-refractivity contribution in [3.05, 3.63) is 29.8 Å². The Labute approximate surface area is 112 Å². The van der Waals surface area contributed by atoms with Gasteiger partial charge in [0.2, 0.25) is 11.7 Å². The number of hydrogen-bond donors (Lipinski definition) is 1. The molecule has 2 heterocycles. The molecule has 3 rings (SSSR count). The molecule has 19 heavy (non-hydrogen) atoms. The maximum absolute atomic E-state index is 5.80. The summed E-state index contributed by atoms with van der Waals surface area (Å²) >= 11 is 0. The molecule has 1 fully saturated rings. The third kappa shape index (κ3) is 2.38. The average Bonchev–Trinajstić information content (AvgIpc) is 3.07. The molecule has 2 atom stereocenters. The fourth-order valence-corrected chi connectivity index (χ4v) is 2.79. The van der Waals surface area contributed by atoms with Crippen molar-refractivity contribution < 1.29 is 4.52 Å². The lowest BCUT2D eigenvalue weighted by atomic mass is 9.96. The van der Waals surface area contributed by atoms with Gasteiger partial charge < -0.3 is 10.3 Å². The molecule has 1 aliphatic carbocycles. The van der Waals surface area contributed by atoms with Gasteiger partial charge in [-0.15, -0.1) is 0 Å². The molecule has 0 amide bonds. The lowest BCUT2D eigenvalue weighted by molar-refractivity contribution is 0.326. The molecule has 0 spiro atoms. The van der Waals surface area contributed by atoms with Crippen molar-refractivity contribution in [2.24, 2.45) is 11.7 Å². The molecule has 5 nitrogen and oxygen atoms in total. The smallest absolute Gasteiger partial charge is 0.230 e. The predicted molar refractivity (Wildman–Crippen MR) is 71.4 cm³/mol. The number of aryl methyl sites for hydroxylation is 1. The third-order valence-electron chi connectivity index (χ3n) is 3.87. The summed E-state index contributed by atoms with van der Waals surface area (Å²) in [7, 11) is 0. The van der Waals surface area contributed by atoms with Crippen molar-refractivity contribution in [3.8, 4) is 11.5 Å². The second-order valence-electron chi connectivity index (χ2n) is 5.21. The maximum Gasteiger partial charge on any atom is 0.230 e. The first-order chi connectivity index (χ1) is 9.28.